The second kappa shape index (κ2) is 13.7. The molecule has 0 saturated heterocycles. The summed E-state index contributed by atoms with van der Waals surface area (Å²) in [5.41, 5.74) is 12.4. The molecule has 2 aromatic rings. The van der Waals surface area contributed by atoms with Gasteiger partial charge in [-0.2, -0.15) is 0 Å². The molecule has 0 radical (unpaired) electrons. The number of fused-ring (bicyclic) bond motifs is 1. The maximum Gasteiger partial charge on any atom is 0.325 e. The quantitative estimate of drug-likeness (QED) is 0.136. The molecule has 0 fully saturated rings. The number of benzene rings is 1. The zero-order valence-corrected chi connectivity index (χ0v) is 20.7. The minimum Gasteiger partial charge on any atom is -0.481 e. The molecule has 0 aliphatic heterocycles. The summed E-state index contributed by atoms with van der Waals surface area (Å²) in [6.07, 6.45) is 0.616. The van der Waals surface area contributed by atoms with Crippen LogP contribution in [0.5, 0.6) is 0 Å². The van der Waals surface area contributed by atoms with Crippen LogP contribution in [0.1, 0.15) is 38.2 Å². The van der Waals surface area contributed by atoms with E-state index in [4.69, 9.17) is 21.7 Å². The number of nitrogens with one attached hydrogen (secondary N) is 4. The van der Waals surface area contributed by atoms with Gasteiger partial charge in [-0.05, 0) is 31.4 Å². The summed E-state index contributed by atoms with van der Waals surface area (Å²) in [5.74, 6) is -5.62. The second-order valence-corrected chi connectivity index (χ2v) is 8.80. The summed E-state index contributed by atoms with van der Waals surface area (Å²) in [4.78, 5) is 75.1. The Balaban J connectivity index is 2.28. The Morgan fingerprint density at radius 1 is 0.895 bits per heavy atom. The number of hydrogen-bond acceptors (Lipinski definition) is 7. The first-order valence-corrected chi connectivity index (χ1v) is 11.8. The van der Waals surface area contributed by atoms with Crippen LogP contribution in [0.4, 0.5) is 0 Å². The molecule has 14 nitrogen and oxygen atoms in total. The summed E-state index contributed by atoms with van der Waals surface area (Å²) < 4.78 is 0. The van der Waals surface area contributed by atoms with Crippen molar-refractivity contribution < 1.29 is 39.0 Å². The van der Waals surface area contributed by atoms with Gasteiger partial charge in [-0.25, -0.2) is 0 Å². The van der Waals surface area contributed by atoms with Crippen molar-refractivity contribution in [3.05, 3.63) is 36.0 Å². The Morgan fingerprint density at radius 2 is 1.53 bits per heavy atom. The predicted molar refractivity (Wildman–Crippen MR) is 134 cm³/mol. The molecule has 0 saturated carbocycles. The van der Waals surface area contributed by atoms with Crippen molar-refractivity contribution in [3.8, 4) is 0 Å². The van der Waals surface area contributed by atoms with Crippen LogP contribution in [0.15, 0.2) is 30.5 Å². The maximum atomic E-state index is 13.3. The van der Waals surface area contributed by atoms with E-state index in [2.05, 4.69) is 20.9 Å². The molecule has 1 aromatic carbocycles. The average molecular weight is 533 g/mol. The number of carboxylic acids is 2. The average Bonchev–Trinajstić information content (AvgIpc) is 3.26. The van der Waals surface area contributed by atoms with Crippen molar-refractivity contribution in [1.82, 2.24) is 20.9 Å². The van der Waals surface area contributed by atoms with Crippen LogP contribution in [0, 0.1) is 0 Å². The molecule has 206 valence electrons. The third kappa shape index (κ3) is 8.89. The highest BCUT2D eigenvalue weighted by atomic mass is 16.4. The number of hydrogen-bond donors (Lipinski definition) is 8. The first kappa shape index (κ1) is 29.8. The first-order valence-electron chi connectivity index (χ1n) is 11.8. The van der Waals surface area contributed by atoms with Gasteiger partial charge in [0.2, 0.25) is 23.6 Å². The van der Waals surface area contributed by atoms with Gasteiger partial charge in [0, 0.05) is 36.4 Å². The lowest BCUT2D eigenvalue weighted by molar-refractivity contribution is -0.142. The normalized spacial score (nSPS) is 14.1. The Labute approximate surface area is 217 Å². The van der Waals surface area contributed by atoms with Gasteiger partial charge >= 0.3 is 11.9 Å². The standard InChI is InChI=1S/C24H32N6O8/c1-12(24(37)38)28-22(35)17(7-8-19(26)31)29-23(36)18(30-21(34)15(25)6-9-20(32)33)10-13-11-27-16-5-3-2-4-14(13)16/h2-5,11-12,15,17-18,27H,6-10,25H2,1H3,(H2,26,31)(H,28,35)(H,29,36)(H,30,34)(H,32,33)(H,37,38). The molecule has 0 aliphatic rings. The van der Waals surface area contributed by atoms with Gasteiger partial charge in [0.1, 0.15) is 18.1 Å². The molecule has 1 heterocycles. The number of para-hydroxylation sites is 1. The molecular weight excluding hydrogens is 500 g/mol. The highest BCUT2D eigenvalue weighted by molar-refractivity contribution is 5.95. The molecule has 14 heteroatoms. The van der Waals surface area contributed by atoms with E-state index in [1.54, 1.807) is 12.3 Å². The minimum atomic E-state index is -1.33. The third-order valence-corrected chi connectivity index (χ3v) is 5.78. The van der Waals surface area contributed by atoms with E-state index in [1.807, 2.05) is 18.2 Å². The fourth-order valence-electron chi connectivity index (χ4n) is 3.62. The number of primary amides is 1. The van der Waals surface area contributed by atoms with Gasteiger partial charge in [0.25, 0.3) is 0 Å². The van der Waals surface area contributed by atoms with E-state index in [-0.39, 0.29) is 32.1 Å². The summed E-state index contributed by atoms with van der Waals surface area (Å²) in [7, 11) is 0. The summed E-state index contributed by atoms with van der Waals surface area (Å²) >= 11 is 0. The largest absolute Gasteiger partial charge is 0.481 e. The molecule has 0 spiro atoms. The lowest BCUT2D eigenvalue weighted by atomic mass is 10.0. The molecule has 4 atom stereocenters. The van der Waals surface area contributed by atoms with Crippen LogP contribution in [0.3, 0.4) is 0 Å². The van der Waals surface area contributed by atoms with Gasteiger partial charge < -0.3 is 42.6 Å². The number of aromatic nitrogens is 1. The Bertz CT molecular complexity index is 1200. The number of aliphatic carboxylic acids is 2. The highest BCUT2D eigenvalue weighted by Gasteiger charge is 2.30. The molecule has 10 N–H and O–H groups in total. The Hall–Kier alpha value is -4.46. The molecule has 0 bridgehead atoms. The van der Waals surface area contributed by atoms with Crippen molar-refractivity contribution in [1.29, 1.82) is 0 Å². The zero-order valence-electron chi connectivity index (χ0n) is 20.7. The molecule has 4 amide bonds. The van der Waals surface area contributed by atoms with Gasteiger partial charge in [0.15, 0.2) is 0 Å². The SMILES string of the molecule is CC(NC(=O)C(CCC(N)=O)NC(=O)C(Cc1c[nH]c2ccccc12)NC(=O)C(N)CCC(=O)O)C(=O)O. The van der Waals surface area contributed by atoms with Crippen LogP contribution in [-0.2, 0) is 35.2 Å². The van der Waals surface area contributed by atoms with Crippen molar-refractivity contribution in [2.24, 2.45) is 11.5 Å². The van der Waals surface area contributed by atoms with Crippen LogP contribution in [0.2, 0.25) is 0 Å². The zero-order chi connectivity index (χ0) is 28.4. The van der Waals surface area contributed by atoms with Gasteiger partial charge in [0.05, 0.1) is 6.04 Å². The first-order chi connectivity index (χ1) is 17.9. The Kier molecular flexibility index (Phi) is 10.8. The fraction of sp³-hybridized carbons (Fsp3) is 0.417. The number of aromatic amines is 1. The molecular formula is C24H32N6O8. The Morgan fingerprint density at radius 3 is 2.16 bits per heavy atom. The molecule has 0 aliphatic carbocycles. The second-order valence-electron chi connectivity index (χ2n) is 8.80. The predicted octanol–water partition coefficient (Wildman–Crippen LogP) is -1.27. The smallest absolute Gasteiger partial charge is 0.325 e. The maximum absolute atomic E-state index is 13.3. The molecule has 38 heavy (non-hydrogen) atoms. The summed E-state index contributed by atoms with van der Waals surface area (Å²) in [6.45, 7) is 1.23. The molecule has 2 rings (SSSR count). The van der Waals surface area contributed by atoms with E-state index in [1.165, 1.54) is 6.92 Å². The number of carboxylic acid groups (broad SMARTS) is 2. The van der Waals surface area contributed by atoms with E-state index in [0.29, 0.717) is 5.56 Å². The van der Waals surface area contributed by atoms with Crippen LogP contribution in [-0.4, -0.2) is 74.9 Å². The topological polar surface area (TPSA) is 247 Å². The number of rotatable bonds is 15. The monoisotopic (exact) mass is 532 g/mol. The van der Waals surface area contributed by atoms with E-state index >= 15 is 0 Å². The fourth-order valence-corrected chi connectivity index (χ4v) is 3.62. The summed E-state index contributed by atoms with van der Waals surface area (Å²) in [5, 5.41) is 25.9. The van der Waals surface area contributed by atoms with Crippen molar-refractivity contribution in [3.63, 3.8) is 0 Å². The van der Waals surface area contributed by atoms with Crippen LogP contribution < -0.4 is 27.4 Å². The number of nitrogens with two attached hydrogens (primary N) is 2. The van der Waals surface area contributed by atoms with Gasteiger partial charge in [-0.1, -0.05) is 18.2 Å². The van der Waals surface area contributed by atoms with E-state index < -0.39 is 59.7 Å². The lowest BCUT2D eigenvalue weighted by Gasteiger charge is -2.24. The van der Waals surface area contributed by atoms with Gasteiger partial charge in [-0.3, -0.25) is 28.8 Å². The van der Waals surface area contributed by atoms with E-state index in [0.717, 1.165) is 10.9 Å². The highest BCUT2D eigenvalue weighted by Crippen LogP contribution is 2.19. The van der Waals surface area contributed by atoms with Crippen molar-refractivity contribution in [2.45, 2.75) is 63.2 Å². The number of H-pyrrole nitrogens is 1. The number of amides is 4. The molecule has 1 aromatic heterocycles. The van der Waals surface area contributed by atoms with E-state index in [9.17, 15) is 28.8 Å². The molecule has 4 unspecified atom stereocenters. The summed E-state index contributed by atoms with van der Waals surface area (Å²) in [6, 6.07) is 2.17. The van der Waals surface area contributed by atoms with Crippen molar-refractivity contribution in [2.75, 3.05) is 0 Å². The van der Waals surface area contributed by atoms with Crippen LogP contribution in [0.25, 0.3) is 10.9 Å². The number of carbonyl (C=O) groups is 6. The van der Waals surface area contributed by atoms with Crippen LogP contribution >= 0.6 is 0 Å². The van der Waals surface area contributed by atoms with Crippen molar-refractivity contribution >= 4 is 46.5 Å². The minimum absolute atomic E-state index is 0.0249. The number of carbonyl (C=O) groups excluding carboxylic acids is 4. The lowest BCUT2D eigenvalue weighted by Crippen LogP contribution is -2.57. The third-order valence-electron chi connectivity index (χ3n) is 5.78. The van der Waals surface area contributed by atoms with Gasteiger partial charge in [-0.15, -0.1) is 0 Å².